The largest absolute Gasteiger partial charge is 0.468 e. The average molecular weight is 197 g/mol. The molecule has 0 aliphatic rings. The average Bonchev–Trinajstić information content (AvgIpc) is 2.68. The number of imidazole rings is 1. The Labute approximate surface area is 83.1 Å². The van der Waals surface area contributed by atoms with Crippen LogP contribution in [-0.2, 0) is 16.1 Å². The Morgan fingerprint density at radius 1 is 1.71 bits per heavy atom. The summed E-state index contributed by atoms with van der Waals surface area (Å²) in [5.41, 5.74) is -0.713. The molecule has 1 unspecified atom stereocenters. The zero-order valence-electron chi connectivity index (χ0n) is 8.65. The molecule has 1 atom stereocenters. The van der Waals surface area contributed by atoms with Gasteiger partial charge in [-0.2, -0.15) is 0 Å². The summed E-state index contributed by atoms with van der Waals surface area (Å²) in [5.74, 6) is -0.284. The minimum absolute atomic E-state index is 0.284. The van der Waals surface area contributed by atoms with Crippen molar-refractivity contribution in [3.05, 3.63) is 18.7 Å². The second kappa shape index (κ2) is 4.23. The molecule has 0 fully saturated rings. The highest BCUT2D eigenvalue weighted by molar-refractivity contribution is 5.80. The van der Waals surface area contributed by atoms with Gasteiger partial charge in [0, 0.05) is 12.4 Å². The Balaban J connectivity index is 2.76. The van der Waals surface area contributed by atoms with Gasteiger partial charge < -0.3 is 14.6 Å². The normalized spacial score (nSPS) is 14.8. The van der Waals surface area contributed by atoms with Gasteiger partial charge in [-0.05, 0) is 14.0 Å². The van der Waals surface area contributed by atoms with Crippen molar-refractivity contribution in [1.82, 2.24) is 14.9 Å². The van der Waals surface area contributed by atoms with E-state index in [-0.39, 0.29) is 5.97 Å². The van der Waals surface area contributed by atoms with Crippen LogP contribution in [0.25, 0.3) is 0 Å². The lowest BCUT2D eigenvalue weighted by molar-refractivity contribution is -0.148. The van der Waals surface area contributed by atoms with Crippen molar-refractivity contribution in [1.29, 1.82) is 0 Å². The van der Waals surface area contributed by atoms with E-state index in [1.807, 2.05) is 4.57 Å². The third-order valence-electron chi connectivity index (χ3n) is 2.25. The number of ether oxygens (including phenoxy) is 1. The van der Waals surface area contributed by atoms with Crippen LogP contribution in [0.15, 0.2) is 18.7 Å². The number of nitrogens with zero attached hydrogens (tertiary/aromatic N) is 2. The summed E-state index contributed by atoms with van der Waals surface area (Å²) < 4.78 is 6.55. The minimum atomic E-state index is -0.713. The fourth-order valence-corrected chi connectivity index (χ4v) is 1.22. The van der Waals surface area contributed by atoms with E-state index in [0.717, 1.165) is 0 Å². The Morgan fingerprint density at radius 3 is 2.86 bits per heavy atom. The zero-order chi connectivity index (χ0) is 10.6. The maximum atomic E-state index is 11.5. The molecule has 0 aliphatic heterocycles. The molecule has 0 radical (unpaired) electrons. The van der Waals surface area contributed by atoms with E-state index in [9.17, 15) is 4.79 Å². The minimum Gasteiger partial charge on any atom is -0.468 e. The van der Waals surface area contributed by atoms with Crippen molar-refractivity contribution in [3.8, 4) is 0 Å². The highest BCUT2D eigenvalue weighted by Crippen LogP contribution is 2.08. The number of nitrogens with one attached hydrogen (secondary N) is 1. The van der Waals surface area contributed by atoms with Crippen LogP contribution in [0.3, 0.4) is 0 Å². The summed E-state index contributed by atoms with van der Waals surface area (Å²) in [7, 11) is 3.11. The van der Waals surface area contributed by atoms with E-state index in [1.54, 1.807) is 32.7 Å². The quantitative estimate of drug-likeness (QED) is 0.692. The standard InChI is InChI=1S/C9H15N3O2/c1-9(10-2,8(13)14-3)6-12-5-4-11-7-12/h4-5,7,10H,6H2,1-3H3. The van der Waals surface area contributed by atoms with Crippen molar-refractivity contribution in [2.24, 2.45) is 0 Å². The number of aromatic nitrogens is 2. The Hall–Kier alpha value is -1.36. The predicted molar refractivity (Wildman–Crippen MR) is 51.7 cm³/mol. The maximum absolute atomic E-state index is 11.5. The first-order valence-electron chi connectivity index (χ1n) is 4.35. The molecule has 1 rings (SSSR count). The molecule has 5 nitrogen and oxygen atoms in total. The topological polar surface area (TPSA) is 56.2 Å². The van der Waals surface area contributed by atoms with E-state index in [1.165, 1.54) is 7.11 Å². The van der Waals surface area contributed by atoms with Crippen molar-refractivity contribution in [2.45, 2.75) is 19.0 Å². The van der Waals surface area contributed by atoms with E-state index in [2.05, 4.69) is 10.3 Å². The number of esters is 1. The van der Waals surface area contributed by atoms with Gasteiger partial charge in [-0.15, -0.1) is 0 Å². The molecule has 0 saturated carbocycles. The number of carbonyl (C=O) groups is 1. The van der Waals surface area contributed by atoms with Gasteiger partial charge in [-0.25, -0.2) is 9.78 Å². The molecule has 14 heavy (non-hydrogen) atoms. The van der Waals surface area contributed by atoms with Crippen molar-refractivity contribution in [3.63, 3.8) is 0 Å². The van der Waals surface area contributed by atoms with Gasteiger partial charge in [-0.1, -0.05) is 0 Å². The molecule has 1 N–H and O–H groups in total. The molecule has 0 aromatic carbocycles. The van der Waals surface area contributed by atoms with Crippen LogP contribution < -0.4 is 5.32 Å². The zero-order valence-corrected chi connectivity index (χ0v) is 8.65. The molecular weight excluding hydrogens is 182 g/mol. The third kappa shape index (κ3) is 2.11. The van der Waals surface area contributed by atoms with E-state index in [4.69, 9.17) is 4.74 Å². The van der Waals surface area contributed by atoms with Gasteiger partial charge >= 0.3 is 5.97 Å². The molecular formula is C9H15N3O2. The summed E-state index contributed by atoms with van der Waals surface area (Å²) in [6, 6.07) is 0. The molecule has 0 spiro atoms. The third-order valence-corrected chi connectivity index (χ3v) is 2.25. The lowest BCUT2D eigenvalue weighted by Gasteiger charge is -2.26. The molecule has 0 amide bonds. The van der Waals surface area contributed by atoms with E-state index in [0.29, 0.717) is 6.54 Å². The number of methoxy groups -OCH3 is 1. The number of hydrogen-bond donors (Lipinski definition) is 1. The number of likely N-dealkylation sites (N-methyl/N-ethyl adjacent to an activating group) is 1. The molecule has 1 heterocycles. The summed E-state index contributed by atoms with van der Waals surface area (Å²) >= 11 is 0. The molecule has 0 saturated heterocycles. The molecule has 0 aliphatic carbocycles. The number of rotatable bonds is 4. The van der Waals surface area contributed by atoms with Crippen LogP contribution >= 0.6 is 0 Å². The Kier molecular flexibility index (Phi) is 3.24. The Morgan fingerprint density at radius 2 is 2.43 bits per heavy atom. The van der Waals surface area contributed by atoms with Crippen LogP contribution in [0.5, 0.6) is 0 Å². The molecule has 78 valence electrons. The van der Waals surface area contributed by atoms with Gasteiger partial charge in [-0.3, -0.25) is 0 Å². The number of hydrogen-bond acceptors (Lipinski definition) is 4. The molecule has 0 bridgehead atoms. The lowest BCUT2D eigenvalue weighted by Crippen LogP contribution is -2.51. The van der Waals surface area contributed by atoms with Crippen LogP contribution in [-0.4, -0.2) is 35.2 Å². The smallest absolute Gasteiger partial charge is 0.327 e. The van der Waals surface area contributed by atoms with E-state index < -0.39 is 5.54 Å². The summed E-state index contributed by atoms with van der Waals surface area (Å²) in [5, 5.41) is 2.94. The van der Waals surface area contributed by atoms with Crippen molar-refractivity contribution < 1.29 is 9.53 Å². The van der Waals surface area contributed by atoms with Gasteiger partial charge in [0.1, 0.15) is 5.54 Å². The summed E-state index contributed by atoms with van der Waals surface area (Å²) in [6.07, 6.45) is 5.14. The van der Waals surface area contributed by atoms with Crippen molar-refractivity contribution in [2.75, 3.05) is 14.2 Å². The van der Waals surface area contributed by atoms with Crippen molar-refractivity contribution >= 4 is 5.97 Å². The van der Waals surface area contributed by atoms with Crippen LogP contribution in [0.2, 0.25) is 0 Å². The van der Waals surface area contributed by atoms with Gasteiger partial charge in [0.25, 0.3) is 0 Å². The van der Waals surface area contributed by atoms with Crippen LogP contribution in [0.1, 0.15) is 6.92 Å². The van der Waals surface area contributed by atoms with Crippen LogP contribution in [0.4, 0.5) is 0 Å². The van der Waals surface area contributed by atoms with Gasteiger partial charge in [0.2, 0.25) is 0 Å². The fourth-order valence-electron chi connectivity index (χ4n) is 1.22. The predicted octanol–water partition coefficient (Wildman–Crippen LogP) is 0.0342. The number of carbonyl (C=O) groups excluding carboxylic acids is 1. The SMILES string of the molecule is CNC(C)(Cn1ccnc1)C(=O)OC. The highest BCUT2D eigenvalue weighted by Gasteiger charge is 2.32. The van der Waals surface area contributed by atoms with Gasteiger partial charge in [0.05, 0.1) is 20.0 Å². The maximum Gasteiger partial charge on any atom is 0.327 e. The fraction of sp³-hybridized carbons (Fsp3) is 0.556. The first-order chi connectivity index (χ1) is 6.62. The molecule has 1 aromatic rings. The lowest BCUT2D eigenvalue weighted by atomic mass is 10.0. The highest BCUT2D eigenvalue weighted by atomic mass is 16.5. The second-order valence-electron chi connectivity index (χ2n) is 3.31. The van der Waals surface area contributed by atoms with E-state index >= 15 is 0 Å². The summed E-state index contributed by atoms with van der Waals surface area (Å²) in [6.45, 7) is 2.29. The monoisotopic (exact) mass is 197 g/mol. The van der Waals surface area contributed by atoms with Crippen LogP contribution in [0, 0.1) is 0 Å². The second-order valence-corrected chi connectivity index (χ2v) is 3.31. The van der Waals surface area contributed by atoms with Gasteiger partial charge in [0.15, 0.2) is 0 Å². The first-order valence-corrected chi connectivity index (χ1v) is 4.35. The summed E-state index contributed by atoms with van der Waals surface area (Å²) in [4.78, 5) is 15.4. The molecule has 5 heteroatoms. The molecule has 1 aromatic heterocycles. The Bertz CT molecular complexity index is 297. The first kappa shape index (κ1) is 10.7.